The molecule has 1 N–H and O–H groups in total. The lowest BCUT2D eigenvalue weighted by Gasteiger charge is -2.30. The maximum atomic E-state index is 10.6. The Hall–Kier alpha value is -0.720. The molecule has 1 saturated heterocycles. The molecule has 0 bridgehead atoms. The van der Waals surface area contributed by atoms with E-state index in [1.807, 2.05) is 0 Å². The Morgan fingerprint density at radius 2 is 2.24 bits per heavy atom. The summed E-state index contributed by atoms with van der Waals surface area (Å²) >= 11 is 7.15. The molecule has 5 nitrogen and oxygen atoms in total. The molecule has 0 radical (unpaired) electrons. The van der Waals surface area contributed by atoms with Crippen LogP contribution in [-0.4, -0.2) is 38.7 Å². The molecule has 0 amide bonds. The van der Waals surface area contributed by atoms with Crippen LogP contribution >= 0.6 is 23.1 Å². The Kier molecular flexibility index (Phi) is 4.31. The van der Waals surface area contributed by atoms with Gasteiger partial charge in [0.1, 0.15) is 10.0 Å². The second-order valence-electron chi connectivity index (χ2n) is 4.31. The normalized spacial score (nSPS) is 18.4. The van der Waals surface area contributed by atoms with Crippen LogP contribution < -0.4 is 0 Å². The van der Waals surface area contributed by atoms with E-state index in [4.69, 9.17) is 16.7 Å². The molecule has 17 heavy (non-hydrogen) atoms. The lowest BCUT2D eigenvalue weighted by molar-refractivity contribution is -0.138. The van der Waals surface area contributed by atoms with E-state index in [9.17, 15) is 4.79 Å². The molecule has 7 heteroatoms. The first-order valence-electron chi connectivity index (χ1n) is 5.56. The number of hydrogen-bond acceptors (Lipinski definition) is 5. The van der Waals surface area contributed by atoms with E-state index >= 15 is 0 Å². The smallest absolute Gasteiger partial charge is 0.303 e. The van der Waals surface area contributed by atoms with Gasteiger partial charge in [-0.05, 0) is 31.8 Å². The molecule has 1 aromatic rings. The third-order valence-corrected chi connectivity index (χ3v) is 4.04. The number of carboxylic acids is 1. The summed E-state index contributed by atoms with van der Waals surface area (Å²) in [5.74, 6) is -0.386. The summed E-state index contributed by atoms with van der Waals surface area (Å²) in [7, 11) is 0. The Morgan fingerprint density at radius 1 is 1.53 bits per heavy atom. The van der Waals surface area contributed by atoms with E-state index < -0.39 is 5.97 Å². The van der Waals surface area contributed by atoms with Crippen molar-refractivity contribution in [3.05, 3.63) is 10.0 Å². The molecule has 0 atom stereocenters. The molecule has 1 fully saturated rings. The highest BCUT2D eigenvalue weighted by Gasteiger charge is 2.22. The number of nitrogens with zero attached hydrogens (tertiary/aromatic N) is 3. The van der Waals surface area contributed by atoms with E-state index in [-0.39, 0.29) is 6.42 Å². The van der Waals surface area contributed by atoms with Gasteiger partial charge in [-0.2, -0.15) is 0 Å². The van der Waals surface area contributed by atoms with Crippen molar-refractivity contribution in [3.8, 4) is 0 Å². The first-order valence-corrected chi connectivity index (χ1v) is 6.71. The van der Waals surface area contributed by atoms with Crippen LogP contribution in [0.3, 0.4) is 0 Å². The molecular weight excluding hydrogens is 262 g/mol. The highest BCUT2D eigenvalue weighted by molar-refractivity contribution is 7.10. The maximum Gasteiger partial charge on any atom is 0.303 e. The number of hydrogen-bond donors (Lipinski definition) is 1. The monoisotopic (exact) mass is 275 g/mol. The number of carbonyl (C=O) groups is 1. The molecule has 1 aromatic heterocycles. The fourth-order valence-corrected chi connectivity index (χ4v) is 2.71. The minimum atomic E-state index is -0.699. The van der Waals surface area contributed by atoms with Crippen LogP contribution in [0.15, 0.2) is 0 Å². The van der Waals surface area contributed by atoms with Crippen LogP contribution in [0.4, 0.5) is 0 Å². The number of rotatable bonds is 4. The molecular formula is C10H14ClN3O2S. The van der Waals surface area contributed by atoms with Crippen LogP contribution in [0.1, 0.15) is 25.0 Å². The highest BCUT2D eigenvalue weighted by Crippen LogP contribution is 2.24. The first-order chi connectivity index (χ1) is 8.15. The van der Waals surface area contributed by atoms with Gasteiger partial charge < -0.3 is 5.11 Å². The summed E-state index contributed by atoms with van der Waals surface area (Å²) in [6.45, 7) is 2.53. The van der Waals surface area contributed by atoms with Crippen molar-refractivity contribution >= 4 is 29.1 Å². The van der Waals surface area contributed by atoms with Crippen molar-refractivity contribution in [2.24, 2.45) is 5.92 Å². The molecule has 0 spiro atoms. The standard InChI is InChI=1S/C10H14ClN3O2S/c11-10-8(12-13-17-10)6-14-3-1-7(2-4-14)5-9(15)16/h7H,1-6H2,(H,15,16). The van der Waals surface area contributed by atoms with Gasteiger partial charge in [-0.25, -0.2) is 0 Å². The molecule has 0 saturated carbocycles. The summed E-state index contributed by atoms with van der Waals surface area (Å²) in [5.41, 5.74) is 0.827. The molecule has 94 valence electrons. The van der Waals surface area contributed by atoms with Gasteiger partial charge in [0, 0.05) is 24.5 Å². The van der Waals surface area contributed by atoms with Gasteiger partial charge in [0.05, 0.1) is 0 Å². The van der Waals surface area contributed by atoms with Crippen molar-refractivity contribution < 1.29 is 9.90 Å². The number of aliphatic carboxylic acids is 1. The Labute approximate surface area is 109 Å². The molecule has 0 aliphatic carbocycles. The van der Waals surface area contributed by atoms with Gasteiger partial charge in [0.15, 0.2) is 0 Å². The Morgan fingerprint density at radius 3 is 2.76 bits per heavy atom. The number of aromatic nitrogens is 2. The van der Waals surface area contributed by atoms with E-state index in [2.05, 4.69) is 14.5 Å². The highest BCUT2D eigenvalue weighted by atomic mass is 35.5. The predicted octanol–water partition coefficient (Wildman–Crippen LogP) is 1.88. The van der Waals surface area contributed by atoms with Gasteiger partial charge >= 0.3 is 5.97 Å². The summed E-state index contributed by atoms with van der Waals surface area (Å²) in [6.07, 6.45) is 2.15. The number of piperidine rings is 1. The summed E-state index contributed by atoms with van der Waals surface area (Å²) in [4.78, 5) is 12.9. The van der Waals surface area contributed by atoms with Gasteiger partial charge in [-0.3, -0.25) is 9.69 Å². The van der Waals surface area contributed by atoms with Crippen molar-refractivity contribution in [1.29, 1.82) is 0 Å². The molecule has 2 rings (SSSR count). The number of carboxylic acid groups (broad SMARTS) is 1. The van der Waals surface area contributed by atoms with E-state index in [1.54, 1.807) is 0 Å². The quantitative estimate of drug-likeness (QED) is 0.909. The zero-order chi connectivity index (χ0) is 12.3. The van der Waals surface area contributed by atoms with E-state index in [0.717, 1.165) is 38.2 Å². The van der Waals surface area contributed by atoms with E-state index in [0.29, 0.717) is 10.3 Å². The molecule has 0 aromatic carbocycles. The van der Waals surface area contributed by atoms with E-state index in [1.165, 1.54) is 11.5 Å². The Bertz CT molecular complexity index is 391. The third kappa shape index (κ3) is 3.62. The second kappa shape index (κ2) is 5.75. The van der Waals surface area contributed by atoms with Crippen LogP contribution in [0.2, 0.25) is 4.34 Å². The fourth-order valence-electron chi connectivity index (χ4n) is 2.10. The average molecular weight is 276 g/mol. The summed E-state index contributed by atoms with van der Waals surface area (Å²) in [5, 5.41) is 12.7. The zero-order valence-electron chi connectivity index (χ0n) is 9.30. The van der Waals surface area contributed by atoms with Gasteiger partial charge in [0.25, 0.3) is 0 Å². The van der Waals surface area contributed by atoms with Gasteiger partial charge in [-0.1, -0.05) is 16.1 Å². The first kappa shape index (κ1) is 12.7. The molecule has 0 unspecified atom stereocenters. The van der Waals surface area contributed by atoms with Gasteiger partial charge in [0.2, 0.25) is 0 Å². The minimum Gasteiger partial charge on any atom is -0.481 e. The summed E-state index contributed by atoms with van der Waals surface area (Å²) in [6, 6.07) is 0. The van der Waals surface area contributed by atoms with Crippen LogP contribution in [-0.2, 0) is 11.3 Å². The topological polar surface area (TPSA) is 66.3 Å². The largest absolute Gasteiger partial charge is 0.481 e. The molecule has 2 heterocycles. The predicted molar refractivity (Wildman–Crippen MR) is 65.2 cm³/mol. The third-order valence-electron chi connectivity index (χ3n) is 3.05. The van der Waals surface area contributed by atoms with Crippen molar-refractivity contribution in [2.75, 3.05) is 13.1 Å². The zero-order valence-corrected chi connectivity index (χ0v) is 10.9. The summed E-state index contributed by atoms with van der Waals surface area (Å²) < 4.78 is 4.45. The van der Waals surface area contributed by atoms with Crippen molar-refractivity contribution in [3.63, 3.8) is 0 Å². The fraction of sp³-hybridized carbons (Fsp3) is 0.700. The lowest BCUT2D eigenvalue weighted by Crippen LogP contribution is -2.34. The van der Waals surface area contributed by atoms with Crippen LogP contribution in [0, 0.1) is 5.92 Å². The van der Waals surface area contributed by atoms with Gasteiger partial charge in [-0.15, -0.1) is 5.10 Å². The second-order valence-corrected chi connectivity index (χ2v) is 5.67. The lowest BCUT2D eigenvalue weighted by atomic mass is 9.93. The average Bonchev–Trinajstić information content (AvgIpc) is 2.67. The number of likely N-dealkylation sites (tertiary alicyclic amines) is 1. The minimum absolute atomic E-state index is 0.285. The van der Waals surface area contributed by atoms with Crippen LogP contribution in [0.5, 0.6) is 0 Å². The Balaban J connectivity index is 1.79. The van der Waals surface area contributed by atoms with Crippen LogP contribution in [0.25, 0.3) is 0 Å². The van der Waals surface area contributed by atoms with Crippen molar-refractivity contribution in [2.45, 2.75) is 25.8 Å². The molecule has 1 aliphatic heterocycles. The SMILES string of the molecule is O=C(O)CC1CCN(Cc2nnsc2Cl)CC1. The molecule has 1 aliphatic rings. The maximum absolute atomic E-state index is 10.6. The number of halogens is 1. The van der Waals surface area contributed by atoms with Crippen molar-refractivity contribution in [1.82, 2.24) is 14.5 Å².